The Kier molecular flexibility index (Phi) is 5.67. The third kappa shape index (κ3) is 5.33. The molecule has 10 nitrogen and oxygen atoms in total. The predicted molar refractivity (Wildman–Crippen MR) is 92.4 cm³/mol. The molecule has 3 aromatic rings. The van der Waals surface area contributed by atoms with E-state index in [1.807, 2.05) is 0 Å². The molecular formula is C17H16N6O4. The van der Waals surface area contributed by atoms with Crippen LogP contribution in [0.2, 0.25) is 0 Å². The van der Waals surface area contributed by atoms with Crippen molar-refractivity contribution in [3.8, 4) is 17.3 Å². The van der Waals surface area contributed by atoms with Crippen molar-refractivity contribution in [2.45, 2.75) is 19.6 Å². The highest BCUT2D eigenvalue weighted by atomic mass is 16.5. The van der Waals surface area contributed by atoms with E-state index in [1.54, 1.807) is 36.7 Å². The number of nitrogens with two attached hydrogens (primary N) is 1. The number of nitrogens with one attached hydrogen (secondary N) is 1. The Balaban J connectivity index is 1.60. The van der Waals surface area contributed by atoms with E-state index in [2.05, 4.69) is 20.1 Å². The van der Waals surface area contributed by atoms with Crippen LogP contribution in [0.25, 0.3) is 11.3 Å². The van der Waals surface area contributed by atoms with E-state index in [0.717, 1.165) is 0 Å². The van der Waals surface area contributed by atoms with Gasteiger partial charge in [-0.1, -0.05) is 11.2 Å². The number of nitrogens with zero attached hydrogens (tertiary/aromatic N) is 4. The molecule has 3 aromatic heterocycles. The predicted octanol–water partition coefficient (Wildman–Crippen LogP) is 1.47. The zero-order valence-corrected chi connectivity index (χ0v) is 14.2. The number of pyridine rings is 1. The molecule has 3 rings (SSSR count). The maximum atomic E-state index is 11.5. The number of carbonyl (C=O) groups excluding carboxylic acids is 1. The second-order valence-electron chi connectivity index (χ2n) is 5.41. The molecule has 0 unspecified atom stereocenters. The Hall–Kier alpha value is -3.82. The highest BCUT2D eigenvalue weighted by molar-refractivity contribution is 5.94. The fourth-order valence-electron chi connectivity index (χ4n) is 2.06. The van der Waals surface area contributed by atoms with Crippen LogP contribution in [0.5, 0.6) is 6.01 Å². The molecule has 3 heterocycles. The molecule has 0 saturated heterocycles. The van der Waals surface area contributed by atoms with Crippen molar-refractivity contribution >= 4 is 11.8 Å². The van der Waals surface area contributed by atoms with Crippen LogP contribution in [0.3, 0.4) is 0 Å². The molecule has 0 fully saturated rings. The number of aromatic nitrogens is 4. The summed E-state index contributed by atoms with van der Waals surface area (Å²) in [6.07, 6.45) is 4.38. The number of carbonyl (C=O) groups is 1. The summed E-state index contributed by atoms with van der Waals surface area (Å²) < 4.78 is 15.2. The van der Waals surface area contributed by atoms with Crippen LogP contribution in [-0.2, 0) is 22.7 Å². The average Bonchev–Trinajstić information content (AvgIpc) is 3.18. The largest absolute Gasteiger partial charge is 0.459 e. The van der Waals surface area contributed by atoms with E-state index in [-0.39, 0.29) is 31.5 Å². The normalized spacial score (nSPS) is 10.4. The summed E-state index contributed by atoms with van der Waals surface area (Å²) in [4.78, 5) is 24.1. The fourth-order valence-corrected chi connectivity index (χ4v) is 2.06. The maximum Gasteiger partial charge on any atom is 0.316 e. The molecule has 0 aromatic carbocycles. The lowest BCUT2D eigenvalue weighted by Gasteiger charge is -2.06. The first kappa shape index (κ1) is 18.0. The molecule has 138 valence electrons. The third-order valence-electron chi connectivity index (χ3n) is 3.29. The first-order valence-electron chi connectivity index (χ1n) is 7.89. The topological polar surface area (TPSA) is 150 Å². The van der Waals surface area contributed by atoms with Gasteiger partial charge in [-0.25, -0.2) is 15.0 Å². The van der Waals surface area contributed by atoms with Gasteiger partial charge >= 0.3 is 12.0 Å². The summed E-state index contributed by atoms with van der Waals surface area (Å²) >= 11 is 0. The van der Waals surface area contributed by atoms with E-state index in [0.29, 0.717) is 22.6 Å². The fraction of sp³-hybridized carbons (Fsp3) is 0.176. The summed E-state index contributed by atoms with van der Waals surface area (Å²) in [5.41, 5.74) is 7.65. The summed E-state index contributed by atoms with van der Waals surface area (Å²) in [6.45, 7) is 0.189. The molecule has 0 spiro atoms. The molecule has 0 aliphatic carbocycles. The molecule has 0 amide bonds. The molecule has 0 saturated carbocycles. The number of rotatable bonds is 8. The third-order valence-corrected chi connectivity index (χ3v) is 3.29. The summed E-state index contributed by atoms with van der Waals surface area (Å²) in [7, 11) is 0. The number of amidine groups is 1. The Labute approximate surface area is 153 Å². The second kappa shape index (κ2) is 8.52. The number of esters is 1. The van der Waals surface area contributed by atoms with Crippen LogP contribution >= 0.6 is 0 Å². The van der Waals surface area contributed by atoms with Crippen LogP contribution in [0, 0.1) is 5.41 Å². The minimum atomic E-state index is -0.577. The lowest BCUT2D eigenvalue weighted by Crippen LogP contribution is -2.17. The maximum absolute atomic E-state index is 11.5. The number of ether oxygens (including phenoxy) is 2. The van der Waals surface area contributed by atoms with Crippen molar-refractivity contribution in [2.75, 3.05) is 0 Å². The van der Waals surface area contributed by atoms with Crippen LogP contribution in [-0.4, -0.2) is 31.9 Å². The Morgan fingerprint density at radius 1 is 1.15 bits per heavy atom. The molecule has 0 radical (unpaired) electrons. The van der Waals surface area contributed by atoms with E-state index < -0.39 is 5.97 Å². The van der Waals surface area contributed by atoms with Crippen LogP contribution < -0.4 is 10.5 Å². The van der Waals surface area contributed by atoms with Gasteiger partial charge in [-0.3, -0.25) is 10.2 Å². The monoisotopic (exact) mass is 368 g/mol. The van der Waals surface area contributed by atoms with Crippen molar-refractivity contribution in [3.63, 3.8) is 0 Å². The van der Waals surface area contributed by atoms with Crippen molar-refractivity contribution < 1.29 is 18.8 Å². The minimum absolute atomic E-state index is 0.0142. The van der Waals surface area contributed by atoms with Gasteiger partial charge in [0.25, 0.3) is 0 Å². The molecule has 0 aliphatic heterocycles. The van der Waals surface area contributed by atoms with Crippen LogP contribution in [0.1, 0.15) is 17.8 Å². The lowest BCUT2D eigenvalue weighted by atomic mass is 10.2. The van der Waals surface area contributed by atoms with Gasteiger partial charge in [-0.15, -0.1) is 0 Å². The minimum Gasteiger partial charge on any atom is -0.459 e. The standard InChI is InChI=1S/C17H16N6O4/c18-15(19)6-16(24)25-9-12-2-1-3-14(22-12)11-7-20-17(21-8-11)26-10-13-4-5-27-23-13/h1-5,7-8H,6,9-10H2,(H3,18,19). The van der Waals surface area contributed by atoms with E-state index in [1.165, 1.54) is 6.26 Å². The Bertz CT molecular complexity index is 911. The van der Waals surface area contributed by atoms with Gasteiger partial charge in [0.2, 0.25) is 0 Å². The van der Waals surface area contributed by atoms with Gasteiger partial charge in [0.05, 0.1) is 11.4 Å². The zero-order chi connectivity index (χ0) is 19.1. The molecule has 27 heavy (non-hydrogen) atoms. The van der Waals surface area contributed by atoms with E-state index in [9.17, 15) is 4.79 Å². The molecular weight excluding hydrogens is 352 g/mol. The van der Waals surface area contributed by atoms with Crippen LogP contribution in [0.15, 0.2) is 47.4 Å². The summed E-state index contributed by atoms with van der Waals surface area (Å²) in [6, 6.07) is 7.19. The molecule has 3 N–H and O–H groups in total. The summed E-state index contributed by atoms with van der Waals surface area (Å²) in [5.74, 6) is -0.823. The van der Waals surface area contributed by atoms with Crippen LogP contribution in [0.4, 0.5) is 0 Å². The Morgan fingerprint density at radius 3 is 2.67 bits per heavy atom. The van der Waals surface area contributed by atoms with Gasteiger partial charge in [0, 0.05) is 24.0 Å². The molecule has 0 aliphatic rings. The first-order valence-corrected chi connectivity index (χ1v) is 7.89. The lowest BCUT2D eigenvalue weighted by molar-refractivity contribution is -0.143. The molecule has 0 atom stereocenters. The van der Waals surface area contributed by atoms with Crippen molar-refractivity contribution in [1.29, 1.82) is 5.41 Å². The summed E-state index contributed by atoms with van der Waals surface area (Å²) in [5, 5.41) is 10.8. The first-order chi connectivity index (χ1) is 13.1. The van der Waals surface area contributed by atoms with Gasteiger partial charge in [-0.2, -0.15) is 0 Å². The van der Waals surface area contributed by atoms with Gasteiger partial charge in [-0.05, 0) is 12.1 Å². The quantitative estimate of drug-likeness (QED) is 0.342. The zero-order valence-electron chi connectivity index (χ0n) is 14.2. The smallest absolute Gasteiger partial charge is 0.316 e. The van der Waals surface area contributed by atoms with Crippen molar-refractivity contribution in [2.24, 2.45) is 5.73 Å². The highest BCUT2D eigenvalue weighted by Gasteiger charge is 2.08. The number of hydrogen-bond acceptors (Lipinski definition) is 9. The second-order valence-corrected chi connectivity index (χ2v) is 5.41. The highest BCUT2D eigenvalue weighted by Crippen LogP contribution is 2.17. The number of hydrogen-bond donors (Lipinski definition) is 2. The molecule has 0 bridgehead atoms. The Morgan fingerprint density at radius 2 is 1.96 bits per heavy atom. The van der Waals surface area contributed by atoms with Gasteiger partial charge in [0.1, 0.15) is 37.4 Å². The average molecular weight is 368 g/mol. The van der Waals surface area contributed by atoms with Gasteiger partial charge < -0.3 is 19.7 Å². The van der Waals surface area contributed by atoms with Crippen molar-refractivity contribution in [1.82, 2.24) is 20.1 Å². The SMILES string of the molecule is N=C(N)CC(=O)OCc1cccc(-c2cnc(OCc3ccon3)nc2)n1. The van der Waals surface area contributed by atoms with E-state index in [4.69, 9.17) is 25.1 Å². The molecule has 10 heteroatoms. The van der Waals surface area contributed by atoms with Crippen molar-refractivity contribution in [3.05, 3.63) is 54.3 Å². The van der Waals surface area contributed by atoms with E-state index >= 15 is 0 Å². The van der Waals surface area contributed by atoms with Gasteiger partial charge in [0.15, 0.2) is 0 Å².